The van der Waals surface area contributed by atoms with E-state index in [9.17, 15) is 15.3 Å². The molecule has 0 radical (unpaired) electrons. The second kappa shape index (κ2) is 5.89. The molecule has 2 aliphatic rings. The summed E-state index contributed by atoms with van der Waals surface area (Å²) in [6.45, 7) is 4.56. The van der Waals surface area contributed by atoms with Gasteiger partial charge in [-0.05, 0) is 23.8 Å². The van der Waals surface area contributed by atoms with Crippen LogP contribution >= 0.6 is 0 Å². The van der Waals surface area contributed by atoms with Crippen molar-refractivity contribution in [2.24, 2.45) is 5.41 Å². The van der Waals surface area contributed by atoms with Gasteiger partial charge in [-0.1, -0.05) is 44.2 Å². The van der Waals surface area contributed by atoms with Crippen molar-refractivity contribution >= 4 is 5.91 Å². The Kier molecular flexibility index (Phi) is 3.75. The number of fused-ring (bicyclic) bond motifs is 5. The molecule has 6 nitrogen and oxygen atoms in total. The number of amides is 1. The molecule has 2 bridgehead atoms. The minimum Gasteiger partial charge on any atom is -0.351 e. The molecule has 1 heterocycles. The molecule has 2 aliphatic carbocycles. The maximum absolute atomic E-state index is 13.4. The molecule has 1 fully saturated rings. The van der Waals surface area contributed by atoms with Gasteiger partial charge >= 0.3 is 0 Å². The number of hydrogen-bond acceptors (Lipinski definition) is 5. The molecule has 1 N–H and O–H groups in total. The Hall–Kier alpha value is -3.25. The molecule has 0 aliphatic heterocycles. The normalized spacial score (nSPS) is 23.9. The zero-order valence-electron chi connectivity index (χ0n) is 15.3. The minimum absolute atomic E-state index is 0.00478. The zero-order valence-corrected chi connectivity index (χ0v) is 15.3. The maximum Gasteiger partial charge on any atom is 0.233 e. The second-order valence-electron chi connectivity index (χ2n) is 7.76. The Balaban J connectivity index is 1.77. The van der Waals surface area contributed by atoms with Crippen molar-refractivity contribution in [2.75, 3.05) is 0 Å². The first-order valence-electron chi connectivity index (χ1n) is 9.00. The number of nitriles is 2. The SMILES string of the molecule is CC1(C)C2CCC1(C(=O)NCc1ccccc1)c1nc(C#N)c(C#N)nc12. The van der Waals surface area contributed by atoms with E-state index in [1.165, 1.54) is 0 Å². The van der Waals surface area contributed by atoms with E-state index in [2.05, 4.69) is 29.1 Å². The number of benzene rings is 1. The largest absolute Gasteiger partial charge is 0.351 e. The molecule has 6 heteroatoms. The topological polar surface area (TPSA) is 102 Å². The van der Waals surface area contributed by atoms with Crippen LogP contribution in [0, 0.1) is 28.1 Å². The van der Waals surface area contributed by atoms with Crippen LogP contribution in [0.15, 0.2) is 30.3 Å². The highest BCUT2D eigenvalue weighted by Gasteiger charge is 2.67. The standard InChI is InChI=1S/C21H19N5O/c1-20(2)14-8-9-21(20,19(27)24-12-13-6-4-3-5-7-13)18-17(14)25-15(10-22)16(11-23)26-18/h3-7,14H,8-9,12H2,1-2H3,(H,24,27). The molecule has 27 heavy (non-hydrogen) atoms. The summed E-state index contributed by atoms with van der Waals surface area (Å²) in [5, 5.41) is 21.7. The van der Waals surface area contributed by atoms with Gasteiger partial charge in [0.15, 0.2) is 11.4 Å². The zero-order chi connectivity index (χ0) is 19.2. The van der Waals surface area contributed by atoms with Gasteiger partial charge in [-0.2, -0.15) is 10.5 Å². The summed E-state index contributed by atoms with van der Waals surface area (Å²) in [5.74, 6) is -0.0252. The van der Waals surface area contributed by atoms with Crippen LogP contribution in [0.2, 0.25) is 0 Å². The second-order valence-corrected chi connectivity index (χ2v) is 7.76. The van der Waals surface area contributed by atoms with Crippen LogP contribution < -0.4 is 5.32 Å². The number of nitrogens with one attached hydrogen (secondary N) is 1. The molecule has 2 aromatic rings. The Labute approximate surface area is 157 Å². The molecule has 0 saturated heterocycles. The van der Waals surface area contributed by atoms with Crippen LogP contribution in [0.5, 0.6) is 0 Å². The molecule has 2 unspecified atom stereocenters. The van der Waals surface area contributed by atoms with E-state index >= 15 is 0 Å². The number of rotatable bonds is 3. The predicted octanol–water partition coefficient (Wildman–Crippen LogP) is 2.69. The fourth-order valence-corrected chi connectivity index (χ4v) is 4.85. The van der Waals surface area contributed by atoms with Gasteiger partial charge in [0.2, 0.25) is 5.91 Å². The Morgan fingerprint density at radius 3 is 2.52 bits per heavy atom. The Morgan fingerprint density at radius 1 is 1.19 bits per heavy atom. The lowest BCUT2D eigenvalue weighted by Crippen LogP contribution is -2.49. The summed E-state index contributed by atoms with van der Waals surface area (Å²) in [7, 11) is 0. The lowest BCUT2D eigenvalue weighted by molar-refractivity contribution is -0.130. The van der Waals surface area contributed by atoms with E-state index in [1.807, 2.05) is 42.5 Å². The van der Waals surface area contributed by atoms with Crippen molar-refractivity contribution in [2.45, 2.75) is 44.6 Å². The molecule has 1 amide bonds. The summed E-state index contributed by atoms with van der Waals surface area (Å²) in [4.78, 5) is 22.3. The van der Waals surface area contributed by atoms with Crippen LogP contribution in [0.3, 0.4) is 0 Å². The summed E-state index contributed by atoms with van der Waals surface area (Å²) in [5.41, 5.74) is 1.14. The Bertz CT molecular complexity index is 1020. The highest BCUT2D eigenvalue weighted by Crippen LogP contribution is 2.67. The lowest BCUT2D eigenvalue weighted by Gasteiger charge is -2.36. The first kappa shape index (κ1) is 17.2. The average molecular weight is 357 g/mol. The molecule has 0 spiro atoms. The van der Waals surface area contributed by atoms with Gasteiger partial charge in [0, 0.05) is 12.5 Å². The van der Waals surface area contributed by atoms with E-state index in [0.717, 1.165) is 12.0 Å². The molecule has 4 rings (SSSR count). The molecule has 1 aromatic heterocycles. The molecule has 2 atom stereocenters. The maximum atomic E-state index is 13.4. The molecule has 1 saturated carbocycles. The summed E-state index contributed by atoms with van der Waals surface area (Å²) in [6.07, 6.45) is 1.49. The van der Waals surface area contributed by atoms with E-state index in [-0.39, 0.29) is 28.6 Å². The van der Waals surface area contributed by atoms with E-state index in [4.69, 9.17) is 0 Å². The van der Waals surface area contributed by atoms with Crippen LogP contribution in [0.4, 0.5) is 0 Å². The summed E-state index contributed by atoms with van der Waals surface area (Å²) >= 11 is 0. The number of carbonyl (C=O) groups is 1. The highest BCUT2D eigenvalue weighted by molar-refractivity contribution is 5.91. The van der Waals surface area contributed by atoms with Gasteiger partial charge in [0.05, 0.1) is 16.8 Å². The summed E-state index contributed by atoms with van der Waals surface area (Å²) < 4.78 is 0. The number of hydrogen-bond donors (Lipinski definition) is 1. The predicted molar refractivity (Wildman–Crippen MR) is 97.2 cm³/mol. The van der Waals surface area contributed by atoms with Gasteiger partial charge in [-0.15, -0.1) is 0 Å². The van der Waals surface area contributed by atoms with Gasteiger partial charge in [0.25, 0.3) is 0 Å². The highest BCUT2D eigenvalue weighted by atomic mass is 16.2. The van der Waals surface area contributed by atoms with Gasteiger partial charge in [-0.3, -0.25) is 4.79 Å². The Morgan fingerprint density at radius 2 is 1.85 bits per heavy atom. The van der Waals surface area contributed by atoms with Crippen LogP contribution in [0.25, 0.3) is 0 Å². The van der Waals surface area contributed by atoms with Crippen LogP contribution in [-0.4, -0.2) is 15.9 Å². The van der Waals surface area contributed by atoms with E-state index in [1.54, 1.807) is 0 Å². The van der Waals surface area contributed by atoms with E-state index in [0.29, 0.717) is 24.4 Å². The third kappa shape index (κ3) is 2.20. The van der Waals surface area contributed by atoms with Crippen molar-refractivity contribution in [3.05, 3.63) is 58.7 Å². The average Bonchev–Trinajstić information content (AvgIpc) is 3.07. The van der Waals surface area contributed by atoms with Crippen molar-refractivity contribution in [1.82, 2.24) is 15.3 Å². The van der Waals surface area contributed by atoms with Gasteiger partial charge < -0.3 is 5.32 Å². The number of aromatic nitrogens is 2. The molecular weight excluding hydrogens is 338 g/mol. The number of nitrogens with zero attached hydrogens (tertiary/aromatic N) is 4. The first-order chi connectivity index (χ1) is 13.0. The van der Waals surface area contributed by atoms with Crippen LogP contribution in [0.1, 0.15) is 60.9 Å². The minimum atomic E-state index is -0.825. The van der Waals surface area contributed by atoms with E-state index < -0.39 is 5.41 Å². The molecular formula is C21H19N5O. The molecule has 1 aromatic carbocycles. The monoisotopic (exact) mass is 357 g/mol. The van der Waals surface area contributed by atoms with Gasteiger partial charge in [-0.25, -0.2) is 9.97 Å². The third-order valence-electron chi connectivity index (χ3n) is 6.33. The first-order valence-corrected chi connectivity index (χ1v) is 9.00. The van der Waals surface area contributed by atoms with Crippen molar-refractivity contribution in [3.8, 4) is 12.1 Å². The van der Waals surface area contributed by atoms with Gasteiger partial charge in [0.1, 0.15) is 12.1 Å². The van der Waals surface area contributed by atoms with Crippen molar-refractivity contribution < 1.29 is 4.79 Å². The fraction of sp³-hybridized carbons (Fsp3) is 0.381. The van der Waals surface area contributed by atoms with Crippen molar-refractivity contribution in [1.29, 1.82) is 10.5 Å². The summed E-state index contributed by atoms with van der Waals surface area (Å²) in [6, 6.07) is 13.7. The fourth-order valence-electron chi connectivity index (χ4n) is 4.85. The quantitative estimate of drug-likeness (QED) is 0.910. The number of carbonyl (C=O) groups excluding carboxylic acids is 1. The smallest absolute Gasteiger partial charge is 0.233 e. The third-order valence-corrected chi connectivity index (χ3v) is 6.33. The lowest BCUT2D eigenvalue weighted by atomic mass is 9.67. The van der Waals surface area contributed by atoms with Crippen molar-refractivity contribution in [3.63, 3.8) is 0 Å². The molecule has 134 valence electrons. The van der Waals surface area contributed by atoms with Crippen LogP contribution in [-0.2, 0) is 16.8 Å².